The number of nitrogens with one attached hydrogen (secondary N) is 1. The van der Waals surface area contributed by atoms with Gasteiger partial charge < -0.3 is 10.2 Å². The van der Waals surface area contributed by atoms with E-state index in [-0.39, 0.29) is 24.2 Å². The molecule has 0 spiro atoms. The van der Waals surface area contributed by atoms with E-state index in [1.807, 2.05) is 32.9 Å². The Morgan fingerprint density at radius 3 is 2.32 bits per heavy atom. The van der Waals surface area contributed by atoms with Crippen LogP contribution in [0, 0.1) is 19.7 Å². The number of nitrogens with zero attached hydrogens (tertiary/aromatic N) is 1. The first kappa shape index (κ1) is 18.6. The van der Waals surface area contributed by atoms with Crippen LogP contribution >= 0.6 is 0 Å². The topological polar surface area (TPSA) is 49.4 Å². The van der Waals surface area contributed by atoms with Gasteiger partial charge in [-0.15, -0.1) is 0 Å². The van der Waals surface area contributed by atoms with Gasteiger partial charge in [-0.05, 0) is 61.7 Å². The Morgan fingerprint density at radius 1 is 1.04 bits per heavy atom. The van der Waals surface area contributed by atoms with Crippen molar-refractivity contribution in [1.82, 2.24) is 10.2 Å². The van der Waals surface area contributed by atoms with Gasteiger partial charge in [-0.2, -0.15) is 0 Å². The first-order valence-corrected chi connectivity index (χ1v) is 8.28. The Hall–Kier alpha value is -2.69. The van der Waals surface area contributed by atoms with Crippen molar-refractivity contribution in [2.24, 2.45) is 0 Å². The summed E-state index contributed by atoms with van der Waals surface area (Å²) in [5.41, 5.74) is 3.55. The van der Waals surface area contributed by atoms with Crippen molar-refractivity contribution in [1.29, 1.82) is 0 Å². The minimum absolute atomic E-state index is 0.0105. The molecule has 0 bridgehead atoms. The quantitative estimate of drug-likeness (QED) is 0.876. The Labute approximate surface area is 147 Å². The third kappa shape index (κ3) is 5.14. The number of likely N-dealkylation sites (N-methyl/N-ethyl adjacent to an activating group) is 1. The molecule has 0 unspecified atom stereocenters. The first-order valence-electron chi connectivity index (χ1n) is 8.28. The minimum atomic E-state index is -0.314. The van der Waals surface area contributed by atoms with Gasteiger partial charge in [0.1, 0.15) is 5.82 Å². The maximum Gasteiger partial charge on any atom is 0.254 e. The first-order chi connectivity index (χ1) is 11.9. The molecule has 2 rings (SSSR count). The van der Waals surface area contributed by atoms with Gasteiger partial charge in [-0.1, -0.05) is 18.2 Å². The average Bonchev–Trinajstić information content (AvgIpc) is 2.61. The predicted molar refractivity (Wildman–Crippen MR) is 95.7 cm³/mol. The number of halogens is 1. The Kier molecular flexibility index (Phi) is 6.28. The van der Waals surface area contributed by atoms with Crippen LogP contribution < -0.4 is 5.32 Å². The minimum Gasteiger partial charge on any atom is -0.350 e. The largest absolute Gasteiger partial charge is 0.350 e. The molecule has 0 aliphatic heterocycles. The maximum absolute atomic E-state index is 12.9. The van der Waals surface area contributed by atoms with E-state index in [1.54, 1.807) is 18.2 Å². The van der Waals surface area contributed by atoms with Crippen LogP contribution in [0.5, 0.6) is 0 Å². The lowest BCUT2D eigenvalue weighted by Crippen LogP contribution is -2.40. The lowest BCUT2D eigenvalue weighted by molar-refractivity contribution is -0.121. The fourth-order valence-corrected chi connectivity index (χ4v) is 2.42. The summed E-state index contributed by atoms with van der Waals surface area (Å²) < 4.78 is 12.9. The molecule has 2 aromatic rings. The van der Waals surface area contributed by atoms with Crippen LogP contribution in [-0.2, 0) is 11.3 Å². The lowest BCUT2D eigenvalue weighted by Gasteiger charge is -2.21. The van der Waals surface area contributed by atoms with Crippen LogP contribution in [0.2, 0.25) is 0 Å². The number of carbonyl (C=O) groups is 2. The second kappa shape index (κ2) is 8.42. The summed E-state index contributed by atoms with van der Waals surface area (Å²) in [4.78, 5) is 26.2. The van der Waals surface area contributed by atoms with Crippen LogP contribution in [0.15, 0.2) is 42.5 Å². The normalized spacial score (nSPS) is 10.4. The zero-order valence-corrected chi connectivity index (χ0v) is 14.8. The summed E-state index contributed by atoms with van der Waals surface area (Å²) in [6.45, 7) is 6.52. The smallest absolute Gasteiger partial charge is 0.254 e. The Bertz CT molecular complexity index is 757. The van der Waals surface area contributed by atoms with Crippen molar-refractivity contribution in [3.05, 3.63) is 70.5 Å². The number of aryl methyl sites for hydroxylation is 2. The summed E-state index contributed by atoms with van der Waals surface area (Å²) in [5, 5.41) is 2.75. The average molecular weight is 342 g/mol. The van der Waals surface area contributed by atoms with Gasteiger partial charge in [0, 0.05) is 18.7 Å². The van der Waals surface area contributed by atoms with E-state index in [0.717, 1.165) is 16.7 Å². The van der Waals surface area contributed by atoms with E-state index in [4.69, 9.17) is 0 Å². The van der Waals surface area contributed by atoms with Crippen LogP contribution in [0.1, 0.15) is 34.0 Å². The molecule has 2 amide bonds. The summed E-state index contributed by atoms with van der Waals surface area (Å²) >= 11 is 0. The van der Waals surface area contributed by atoms with Crippen LogP contribution in [-0.4, -0.2) is 29.8 Å². The third-order valence-electron chi connectivity index (χ3n) is 4.16. The van der Waals surface area contributed by atoms with E-state index in [0.29, 0.717) is 18.7 Å². The van der Waals surface area contributed by atoms with Crippen molar-refractivity contribution < 1.29 is 14.0 Å². The molecule has 1 N–H and O–H groups in total. The van der Waals surface area contributed by atoms with Gasteiger partial charge in [-0.25, -0.2) is 4.39 Å². The van der Waals surface area contributed by atoms with E-state index in [1.165, 1.54) is 17.0 Å². The van der Waals surface area contributed by atoms with Crippen molar-refractivity contribution in [3.63, 3.8) is 0 Å². The summed E-state index contributed by atoms with van der Waals surface area (Å²) in [7, 11) is 0. The Balaban J connectivity index is 1.95. The molecule has 0 aromatic heterocycles. The second-order valence-corrected chi connectivity index (χ2v) is 6.02. The fraction of sp³-hybridized carbons (Fsp3) is 0.300. The molecule has 0 heterocycles. The van der Waals surface area contributed by atoms with Crippen molar-refractivity contribution in [2.45, 2.75) is 27.3 Å². The highest BCUT2D eigenvalue weighted by Gasteiger charge is 2.17. The number of hydrogen-bond donors (Lipinski definition) is 1. The molecule has 25 heavy (non-hydrogen) atoms. The highest BCUT2D eigenvalue weighted by Crippen LogP contribution is 2.12. The fourth-order valence-electron chi connectivity index (χ4n) is 2.42. The highest BCUT2D eigenvalue weighted by atomic mass is 19.1. The van der Waals surface area contributed by atoms with Crippen molar-refractivity contribution in [3.8, 4) is 0 Å². The molecule has 0 atom stereocenters. The Morgan fingerprint density at radius 2 is 1.72 bits per heavy atom. The van der Waals surface area contributed by atoms with Gasteiger partial charge in [-0.3, -0.25) is 9.59 Å². The van der Waals surface area contributed by atoms with Crippen LogP contribution in [0.3, 0.4) is 0 Å². The van der Waals surface area contributed by atoms with Crippen molar-refractivity contribution in [2.75, 3.05) is 13.1 Å². The van der Waals surface area contributed by atoms with Gasteiger partial charge in [0.25, 0.3) is 5.91 Å². The van der Waals surface area contributed by atoms with E-state index < -0.39 is 0 Å². The number of rotatable bonds is 6. The van der Waals surface area contributed by atoms with E-state index in [2.05, 4.69) is 5.32 Å². The van der Waals surface area contributed by atoms with E-state index in [9.17, 15) is 14.0 Å². The summed E-state index contributed by atoms with van der Waals surface area (Å²) in [6.07, 6.45) is 0. The lowest BCUT2D eigenvalue weighted by atomic mass is 10.1. The number of carbonyl (C=O) groups excluding carboxylic acids is 2. The zero-order chi connectivity index (χ0) is 18.4. The molecular formula is C20H23FN2O2. The van der Waals surface area contributed by atoms with E-state index >= 15 is 0 Å². The van der Waals surface area contributed by atoms with Crippen LogP contribution in [0.4, 0.5) is 4.39 Å². The number of hydrogen-bond acceptors (Lipinski definition) is 2. The molecule has 5 heteroatoms. The maximum atomic E-state index is 12.9. The zero-order valence-electron chi connectivity index (χ0n) is 14.8. The molecule has 0 radical (unpaired) electrons. The SMILES string of the molecule is CCN(CC(=O)NCc1ccc(F)cc1)C(=O)c1ccc(C)c(C)c1. The molecule has 0 fully saturated rings. The molecule has 4 nitrogen and oxygen atoms in total. The van der Waals surface area contributed by atoms with Gasteiger partial charge in [0.2, 0.25) is 5.91 Å². The molecule has 2 aromatic carbocycles. The molecule has 0 aliphatic carbocycles. The summed E-state index contributed by atoms with van der Waals surface area (Å²) in [6, 6.07) is 11.5. The van der Waals surface area contributed by atoms with Crippen molar-refractivity contribution >= 4 is 11.8 Å². The molecule has 0 aliphatic rings. The van der Waals surface area contributed by atoms with Gasteiger partial charge in [0.15, 0.2) is 0 Å². The standard InChI is InChI=1S/C20H23FN2O2/c1-4-23(20(25)17-8-5-14(2)15(3)11-17)13-19(24)22-12-16-6-9-18(21)10-7-16/h5-11H,4,12-13H2,1-3H3,(H,22,24). The molecule has 132 valence electrons. The third-order valence-corrected chi connectivity index (χ3v) is 4.16. The number of amides is 2. The van der Waals surface area contributed by atoms with Gasteiger partial charge >= 0.3 is 0 Å². The molecule has 0 saturated heterocycles. The monoisotopic (exact) mass is 342 g/mol. The predicted octanol–water partition coefficient (Wildman–Crippen LogP) is 3.22. The summed E-state index contributed by atoms with van der Waals surface area (Å²) in [5.74, 6) is -0.725. The molecular weight excluding hydrogens is 319 g/mol. The highest BCUT2D eigenvalue weighted by molar-refractivity contribution is 5.96. The second-order valence-electron chi connectivity index (χ2n) is 6.02. The van der Waals surface area contributed by atoms with Gasteiger partial charge in [0.05, 0.1) is 6.54 Å². The van der Waals surface area contributed by atoms with Crippen LogP contribution in [0.25, 0.3) is 0 Å². The number of benzene rings is 2. The molecule has 0 saturated carbocycles.